The maximum Gasteiger partial charge on any atom is 0.252 e. The molecule has 3 aromatic carbocycles. The standard InChI is InChI=1S/C28H26N4O3/c1-19-11-12-22(15-20(19)2)27(34)24-9-3-4-10-25(24)28(35)29-17-21-7-5-8-23(16-21)31-26(33)18-32-14-6-13-30-32/h3-16H,17-18H2,1-2H3,(H,29,35)(H,31,33). The normalized spacial score (nSPS) is 10.6. The minimum absolute atomic E-state index is 0.110. The van der Waals surface area contributed by atoms with Crippen LogP contribution in [0.2, 0.25) is 0 Å². The largest absolute Gasteiger partial charge is 0.348 e. The molecular weight excluding hydrogens is 440 g/mol. The van der Waals surface area contributed by atoms with Crippen LogP contribution in [-0.2, 0) is 17.9 Å². The summed E-state index contributed by atoms with van der Waals surface area (Å²) in [6.45, 7) is 4.30. The summed E-state index contributed by atoms with van der Waals surface area (Å²) >= 11 is 0. The van der Waals surface area contributed by atoms with E-state index >= 15 is 0 Å². The minimum Gasteiger partial charge on any atom is -0.348 e. The molecule has 176 valence electrons. The molecule has 0 aliphatic carbocycles. The molecule has 0 atom stereocenters. The number of nitrogens with one attached hydrogen (secondary N) is 2. The van der Waals surface area contributed by atoms with E-state index in [0.29, 0.717) is 22.4 Å². The lowest BCUT2D eigenvalue weighted by atomic mass is 9.95. The van der Waals surface area contributed by atoms with Crippen molar-refractivity contribution in [2.24, 2.45) is 0 Å². The van der Waals surface area contributed by atoms with Crippen molar-refractivity contribution in [2.45, 2.75) is 26.9 Å². The van der Waals surface area contributed by atoms with Gasteiger partial charge in [-0.15, -0.1) is 0 Å². The molecule has 1 aromatic heterocycles. The Morgan fingerprint density at radius 1 is 0.857 bits per heavy atom. The van der Waals surface area contributed by atoms with Crippen molar-refractivity contribution >= 4 is 23.3 Å². The first kappa shape index (κ1) is 23.6. The molecule has 0 aliphatic heterocycles. The van der Waals surface area contributed by atoms with Crippen molar-refractivity contribution in [3.63, 3.8) is 0 Å². The lowest BCUT2D eigenvalue weighted by molar-refractivity contribution is -0.116. The fourth-order valence-corrected chi connectivity index (χ4v) is 3.70. The molecule has 7 heteroatoms. The highest BCUT2D eigenvalue weighted by Gasteiger charge is 2.18. The summed E-state index contributed by atoms with van der Waals surface area (Å²) in [5, 5.41) is 9.74. The van der Waals surface area contributed by atoms with Gasteiger partial charge in [0.05, 0.1) is 5.56 Å². The summed E-state index contributed by atoms with van der Waals surface area (Å²) < 4.78 is 1.54. The monoisotopic (exact) mass is 466 g/mol. The zero-order valence-electron chi connectivity index (χ0n) is 19.6. The molecule has 0 fully saturated rings. The smallest absolute Gasteiger partial charge is 0.252 e. The Hall–Kier alpha value is -4.52. The number of hydrogen-bond donors (Lipinski definition) is 2. The molecule has 4 rings (SSSR count). The third kappa shape index (κ3) is 5.89. The number of carbonyl (C=O) groups is 3. The van der Waals surface area contributed by atoms with Crippen LogP contribution in [0.3, 0.4) is 0 Å². The molecule has 0 radical (unpaired) electrons. The number of hydrogen-bond acceptors (Lipinski definition) is 4. The van der Waals surface area contributed by atoms with Crippen LogP contribution in [0.5, 0.6) is 0 Å². The van der Waals surface area contributed by atoms with Gasteiger partial charge in [0.2, 0.25) is 5.91 Å². The molecule has 0 spiro atoms. The third-order valence-electron chi connectivity index (χ3n) is 5.71. The molecular formula is C28H26N4O3. The lowest BCUT2D eigenvalue weighted by Gasteiger charge is -2.12. The summed E-state index contributed by atoms with van der Waals surface area (Å²) in [6.07, 6.45) is 3.33. The van der Waals surface area contributed by atoms with Gasteiger partial charge < -0.3 is 10.6 Å². The molecule has 0 saturated heterocycles. The van der Waals surface area contributed by atoms with E-state index in [4.69, 9.17) is 0 Å². The van der Waals surface area contributed by atoms with E-state index in [1.807, 2.05) is 38.1 Å². The molecule has 0 bridgehead atoms. The zero-order chi connectivity index (χ0) is 24.8. The summed E-state index contributed by atoms with van der Waals surface area (Å²) in [7, 11) is 0. The van der Waals surface area contributed by atoms with E-state index in [1.165, 1.54) is 4.68 Å². The molecule has 2 amide bonds. The van der Waals surface area contributed by atoms with E-state index in [-0.39, 0.29) is 30.7 Å². The number of amides is 2. The molecule has 35 heavy (non-hydrogen) atoms. The number of nitrogens with zero attached hydrogens (tertiary/aromatic N) is 2. The second-order valence-electron chi connectivity index (χ2n) is 8.31. The summed E-state index contributed by atoms with van der Waals surface area (Å²) in [4.78, 5) is 38.4. The molecule has 2 N–H and O–H groups in total. The molecule has 0 saturated carbocycles. The summed E-state index contributed by atoms with van der Waals surface area (Å²) in [5.74, 6) is -0.736. The van der Waals surface area contributed by atoms with Crippen molar-refractivity contribution in [3.05, 3.63) is 119 Å². The van der Waals surface area contributed by atoms with Crippen LogP contribution in [-0.4, -0.2) is 27.4 Å². The first-order valence-electron chi connectivity index (χ1n) is 11.3. The summed E-state index contributed by atoms with van der Waals surface area (Å²) in [6, 6.07) is 21.3. The Balaban J connectivity index is 1.43. The highest BCUT2D eigenvalue weighted by Crippen LogP contribution is 2.18. The van der Waals surface area contributed by atoms with E-state index in [2.05, 4.69) is 15.7 Å². The second kappa shape index (κ2) is 10.6. The van der Waals surface area contributed by atoms with Gasteiger partial charge in [0, 0.05) is 35.8 Å². The van der Waals surface area contributed by atoms with Crippen LogP contribution in [0.4, 0.5) is 5.69 Å². The van der Waals surface area contributed by atoms with Gasteiger partial charge in [-0.3, -0.25) is 19.1 Å². The first-order chi connectivity index (χ1) is 16.9. The Morgan fingerprint density at radius 3 is 2.40 bits per heavy atom. The highest BCUT2D eigenvalue weighted by molar-refractivity contribution is 6.15. The van der Waals surface area contributed by atoms with Gasteiger partial charge in [-0.1, -0.05) is 42.5 Å². The second-order valence-corrected chi connectivity index (χ2v) is 8.31. The van der Waals surface area contributed by atoms with Crippen LogP contribution >= 0.6 is 0 Å². The van der Waals surface area contributed by atoms with Crippen molar-refractivity contribution in [1.82, 2.24) is 15.1 Å². The predicted molar refractivity (Wildman–Crippen MR) is 134 cm³/mol. The van der Waals surface area contributed by atoms with Crippen LogP contribution < -0.4 is 10.6 Å². The summed E-state index contributed by atoms with van der Waals surface area (Å²) in [5.41, 5.74) is 4.79. The van der Waals surface area contributed by atoms with Crippen LogP contribution in [0.25, 0.3) is 0 Å². The van der Waals surface area contributed by atoms with Gasteiger partial charge in [0.15, 0.2) is 5.78 Å². The van der Waals surface area contributed by atoms with Gasteiger partial charge >= 0.3 is 0 Å². The van der Waals surface area contributed by atoms with Gasteiger partial charge in [-0.05, 0) is 60.9 Å². The third-order valence-corrected chi connectivity index (χ3v) is 5.71. The predicted octanol–water partition coefficient (Wildman–Crippen LogP) is 4.30. The number of ketones is 1. The Labute approximate surface area is 203 Å². The molecule has 0 unspecified atom stereocenters. The average molecular weight is 467 g/mol. The Kier molecular flexibility index (Phi) is 7.16. The highest BCUT2D eigenvalue weighted by atomic mass is 16.2. The van der Waals surface area contributed by atoms with Crippen LogP contribution in [0.1, 0.15) is 43.0 Å². The lowest BCUT2D eigenvalue weighted by Crippen LogP contribution is -2.25. The number of rotatable bonds is 8. The van der Waals surface area contributed by atoms with E-state index in [1.54, 1.807) is 60.9 Å². The van der Waals surface area contributed by atoms with Crippen LogP contribution in [0.15, 0.2) is 85.2 Å². The van der Waals surface area contributed by atoms with Gasteiger partial charge in [0.1, 0.15) is 6.54 Å². The number of aryl methyl sites for hydroxylation is 2. The molecule has 1 heterocycles. The maximum atomic E-state index is 13.1. The topological polar surface area (TPSA) is 93.1 Å². The fourth-order valence-electron chi connectivity index (χ4n) is 3.70. The number of carbonyl (C=O) groups excluding carboxylic acids is 3. The van der Waals surface area contributed by atoms with Gasteiger partial charge in [0.25, 0.3) is 5.91 Å². The fraction of sp³-hybridized carbons (Fsp3) is 0.143. The molecule has 0 aliphatic rings. The van der Waals surface area contributed by atoms with Crippen molar-refractivity contribution in [1.29, 1.82) is 0 Å². The molecule has 4 aromatic rings. The Morgan fingerprint density at radius 2 is 1.66 bits per heavy atom. The van der Waals surface area contributed by atoms with E-state index < -0.39 is 0 Å². The van der Waals surface area contributed by atoms with Crippen molar-refractivity contribution in [2.75, 3.05) is 5.32 Å². The Bertz CT molecular complexity index is 1380. The SMILES string of the molecule is Cc1ccc(C(=O)c2ccccc2C(=O)NCc2cccc(NC(=O)Cn3cccn3)c2)cc1C. The van der Waals surface area contributed by atoms with E-state index in [9.17, 15) is 14.4 Å². The van der Waals surface area contributed by atoms with Crippen molar-refractivity contribution < 1.29 is 14.4 Å². The van der Waals surface area contributed by atoms with Gasteiger partial charge in [-0.25, -0.2) is 0 Å². The maximum absolute atomic E-state index is 13.1. The van der Waals surface area contributed by atoms with E-state index in [0.717, 1.165) is 16.7 Å². The van der Waals surface area contributed by atoms with Crippen LogP contribution in [0, 0.1) is 13.8 Å². The quantitative estimate of drug-likeness (QED) is 0.379. The van der Waals surface area contributed by atoms with Gasteiger partial charge in [-0.2, -0.15) is 5.10 Å². The number of anilines is 1. The first-order valence-corrected chi connectivity index (χ1v) is 11.3. The number of benzene rings is 3. The number of aromatic nitrogens is 2. The zero-order valence-corrected chi connectivity index (χ0v) is 19.6. The average Bonchev–Trinajstić information content (AvgIpc) is 3.37. The van der Waals surface area contributed by atoms with Crippen molar-refractivity contribution in [3.8, 4) is 0 Å². The molecule has 7 nitrogen and oxygen atoms in total. The minimum atomic E-state index is -0.342.